The Morgan fingerprint density at radius 1 is 1.14 bits per heavy atom. The highest BCUT2D eigenvalue weighted by atomic mass is 35.5. The van der Waals surface area contributed by atoms with Crippen molar-refractivity contribution in [2.75, 3.05) is 12.0 Å². The summed E-state index contributed by atoms with van der Waals surface area (Å²) in [7, 11) is -1.11. The Bertz CT molecular complexity index is 1130. The van der Waals surface area contributed by atoms with Crippen LogP contribution in [0.15, 0.2) is 60.1 Å². The number of anilines is 1. The third kappa shape index (κ3) is 3.32. The molecular formula is C19H15ClN4O3S. The molecule has 0 radical (unpaired) electrons. The average Bonchev–Trinajstić information content (AvgIpc) is 2.73. The zero-order valence-corrected chi connectivity index (χ0v) is 16.3. The van der Waals surface area contributed by atoms with Crippen LogP contribution in [0.25, 0.3) is 6.08 Å². The summed E-state index contributed by atoms with van der Waals surface area (Å²) in [5, 5.41) is 0.319. The van der Waals surface area contributed by atoms with Crippen LogP contribution in [0, 0.1) is 0 Å². The Labute approximate surface area is 168 Å². The Morgan fingerprint density at radius 3 is 2.71 bits per heavy atom. The van der Waals surface area contributed by atoms with E-state index < -0.39 is 10.7 Å². The maximum absolute atomic E-state index is 11.4. The highest BCUT2D eigenvalue weighted by molar-refractivity contribution is 7.72. The van der Waals surface area contributed by atoms with Gasteiger partial charge in [-0.1, -0.05) is 17.7 Å². The average molecular weight is 415 g/mol. The molecule has 2 aromatic heterocycles. The lowest BCUT2D eigenvalue weighted by Gasteiger charge is -2.35. The van der Waals surface area contributed by atoms with E-state index in [0.29, 0.717) is 16.7 Å². The molecule has 0 fully saturated rings. The van der Waals surface area contributed by atoms with Crippen LogP contribution >= 0.6 is 11.6 Å². The summed E-state index contributed by atoms with van der Waals surface area (Å²) in [4.78, 5) is 14.8. The molecule has 0 saturated heterocycles. The van der Waals surface area contributed by atoms with Crippen molar-refractivity contribution in [2.45, 2.75) is 10.9 Å². The topological polar surface area (TPSA) is 85.3 Å². The van der Waals surface area contributed by atoms with Crippen LogP contribution in [-0.2, 0) is 10.7 Å². The second-order valence-electron chi connectivity index (χ2n) is 6.01. The molecule has 0 N–H and O–H groups in total. The van der Waals surface area contributed by atoms with E-state index in [1.807, 2.05) is 17.2 Å². The van der Waals surface area contributed by atoms with Crippen LogP contribution in [0.5, 0.6) is 5.75 Å². The summed E-state index contributed by atoms with van der Waals surface area (Å²) in [6.45, 7) is 0. The number of ether oxygens (including phenoxy) is 1. The molecule has 3 heterocycles. The van der Waals surface area contributed by atoms with Crippen LogP contribution < -0.4 is 9.64 Å². The van der Waals surface area contributed by atoms with Crippen molar-refractivity contribution in [1.82, 2.24) is 15.0 Å². The van der Waals surface area contributed by atoms with Gasteiger partial charge in [-0.25, -0.2) is 23.4 Å². The van der Waals surface area contributed by atoms with E-state index in [1.54, 1.807) is 49.8 Å². The van der Waals surface area contributed by atoms with Crippen molar-refractivity contribution >= 4 is 34.2 Å². The van der Waals surface area contributed by atoms with E-state index in [9.17, 15) is 8.42 Å². The lowest BCUT2D eigenvalue weighted by Crippen LogP contribution is -2.28. The number of methoxy groups -OCH3 is 1. The molecule has 1 aliphatic heterocycles. The SMILES string of the molecule is COc1cc(Cl)ncc1C1c2ccc([SH](=O)=O)cc2C=CN1c1ccncn1. The second kappa shape index (κ2) is 7.57. The fourth-order valence-electron chi connectivity index (χ4n) is 3.23. The smallest absolute Gasteiger partial charge is 0.168 e. The number of aromatic nitrogens is 3. The first-order valence-electron chi connectivity index (χ1n) is 8.29. The fraction of sp³-hybridized carbons (Fsp3) is 0.105. The molecule has 142 valence electrons. The van der Waals surface area contributed by atoms with Crippen LogP contribution in [0.1, 0.15) is 22.7 Å². The van der Waals surface area contributed by atoms with Gasteiger partial charge in [0.05, 0.1) is 18.0 Å². The minimum absolute atomic E-state index is 0.258. The summed E-state index contributed by atoms with van der Waals surface area (Å²) in [6, 6.07) is 8.14. The molecule has 28 heavy (non-hydrogen) atoms. The molecule has 0 bridgehead atoms. The number of nitrogens with zero attached hydrogens (tertiary/aromatic N) is 4. The van der Waals surface area contributed by atoms with Crippen molar-refractivity contribution in [3.05, 3.63) is 77.1 Å². The Balaban J connectivity index is 1.94. The van der Waals surface area contributed by atoms with E-state index in [-0.39, 0.29) is 10.9 Å². The van der Waals surface area contributed by atoms with Crippen LogP contribution in [0.4, 0.5) is 5.82 Å². The van der Waals surface area contributed by atoms with Crippen LogP contribution in [0.2, 0.25) is 5.15 Å². The van der Waals surface area contributed by atoms with E-state index >= 15 is 0 Å². The van der Waals surface area contributed by atoms with Gasteiger partial charge in [0, 0.05) is 30.2 Å². The maximum Gasteiger partial charge on any atom is 0.168 e. The van der Waals surface area contributed by atoms with Gasteiger partial charge in [-0.3, -0.25) is 0 Å². The predicted molar refractivity (Wildman–Crippen MR) is 106 cm³/mol. The van der Waals surface area contributed by atoms with Gasteiger partial charge in [-0.2, -0.15) is 0 Å². The first-order chi connectivity index (χ1) is 13.6. The maximum atomic E-state index is 11.4. The molecule has 1 atom stereocenters. The molecule has 1 aliphatic rings. The largest absolute Gasteiger partial charge is 0.496 e. The minimum atomic E-state index is -2.67. The summed E-state index contributed by atoms with van der Waals surface area (Å²) in [5.41, 5.74) is 2.46. The number of rotatable bonds is 4. The molecule has 0 aliphatic carbocycles. The molecule has 4 rings (SSSR count). The van der Waals surface area contributed by atoms with Gasteiger partial charge in [0.1, 0.15) is 23.0 Å². The highest BCUT2D eigenvalue weighted by Gasteiger charge is 2.30. The molecule has 0 amide bonds. The first-order valence-corrected chi connectivity index (χ1v) is 9.84. The Hall–Kier alpha value is -2.97. The van der Waals surface area contributed by atoms with Gasteiger partial charge in [-0.05, 0) is 35.4 Å². The molecule has 1 unspecified atom stereocenters. The number of hydrogen-bond acceptors (Lipinski definition) is 7. The lowest BCUT2D eigenvalue weighted by atomic mass is 9.91. The number of pyridine rings is 1. The predicted octanol–water partition coefficient (Wildman–Crippen LogP) is 3.08. The normalized spacial score (nSPS) is 15.5. The number of thiol groups is 1. The molecular weight excluding hydrogens is 400 g/mol. The van der Waals surface area contributed by atoms with E-state index in [0.717, 1.165) is 16.7 Å². The van der Waals surface area contributed by atoms with Crippen LogP contribution in [-0.4, -0.2) is 30.5 Å². The second-order valence-corrected chi connectivity index (χ2v) is 7.43. The summed E-state index contributed by atoms with van der Waals surface area (Å²) in [6.07, 6.45) is 8.49. The summed E-state index contributed by atoms with van der Waals surface area (Å²) in [5.74, 6) is 1.25. The minimum Gasteiger partial charge on any atom is -0.496 e. The zero-order chi connectivity index (χ0) is 19.7. The monoisotopic (exact) mass is 414 g/mol. The highest BCUT2D eigenvalue weighted by Crippen LogP contribution is 2.41. The number of halogens is 1. The summed E-state index contributed by atoms with van der Waals surface area (Å²) >= 11 is 6.04. The van der Waals surface area contributed by atoms with Gasteiger partial charge in [0.15, 0.2) is 10.7 Å². The first kappa shape index (κ1) is 18.4. The van der Waals surface area contributed by atoms with E-state index in [4.69, 9.17) is 16.3 Å². The van der Waals surface area contributed by atoms with Crippen molar-refractivity contribution < 1.29 is 13.2 Å². The van der Waals surface area contributed by atoms with Crippen molar-refractivity contribution in [1.29, 1.82) is 0 Å². The number of hydrogen-bond donors (Lipinski definition) is 1. The molecule has 0 saturated carbocycles. The van der Waals surface area contributed by atoms with E-state index in [1.165, 1.54) is 6.33 Å². The molecule has 9 heteroatoms. The van der Waals surface area contributed by atoms with Gasteiger partial charge in [0.25, 0.3) is 0 Å². The van der Waals surface area contributed by atoms with Crippen LogP contribution in [0.3, 0.4) is 0 Å². The van der Waals surface area contributed by atoms with Gasteiger partial charge in [-0.15, -0.1) is 0 Å². The molecule has 7 nitrogen and oxygen atoms in total. The Kier molecular flexibility index (Phi) is 4.97. The summed E-state index contributed by atoms with van der Waals surface area (Å²) < 4.78 is 28.3. The van der Waals surface area contributed by atoms with E-state index in [2.05, 4.69) is 15.0 Å². The molecule has 3 aromatic rings. The Morgan fingerprint density at radius 2 is 2.00 bits per heavy atom. The molecule has 1 aromatic carbocycles. The zero-order valence-electron chi connectivity index (χ0n) is 14.7. The molecule has 0 spiro atoms. The van der Waals surface area contributed by atoms with Crippen molar-refractivity contribution in [3.8, 4) is 5.75 Å². The third-order valence-corrected chi connectivity index (χ3v) is 5.38. The third-order valence-electron chi connectivity index (χ3n) is 4.48. The standard InChI is InChI=1S/C19H15ClN4O3S/c1-27-16-9-17(20)22-10-15(16)19-14-3-2-13(28(25)26)8-12(14)5-7-24(19)18-4-6-21-11-23-18/h2-11,19,28H,1H3. The fourth-order valence-corrected chi connectivity index (χ4v) is 3.82. The lowest BCUT2D eigenvalue weighted by molar-refractivity contribution is 0.406. The quantitative estimate of drug-likeness (QED) is 0.518. The van der Waals surface area contributed by atoms with Gasteiger partial charge >= 0.3 is 0 Å². The van der Waals surface area contributed by atoms with Crippen molar-refractivity contribution in [3.63, 3.8) is 0 Å². The van der Waals surface area contributed by atoms with Gasteiger partial charge in [0.2, 0.25) is 0 Å². The number of fused-ring (bicyclic) bond motifs is 1. The number of benzene rings is 1. The van der Waals surface area contributed by atoms with Gasteiger partial charge < -0.3 is 9.64 Å². The van der Waals surface area contributed by atoms with Crippen molar-refractivity contribution in [2.24, 2.45) is 0 Å².